The molecule has 5 heteroatoms. The van der Waals surface area contributed by atoms with Crippen LogP contribution in [-0.2, 0) is 16.8 Å². The van der Waals surface area contributed by atoms with Crippen molar-refractivity contribution in [2.45, 2.75) is 57.5 Å². The van der Waals surface area contributed by atoms with Gasteiger partial charge in [0, 0.05) is 12.0 Å². The zero-order valence-corrected chi connectivity index (χ0v) is 13.6. The summed E-state index contributed by atoms with van der Waals surface area (Å²) in [5, 5.41) is 0.987. The lowest BCUT2D eigenvalue weighted by Gasteiger charge is -2.29. The highest BCUT2D eigenvalue weighted by Gasteiger charge is 2.36. The zero-order chi connectivity index (χ0) is 14.9. The van der Waals surface area contributed by atoms with Gasteiger partial charge in [-0.2, -0.15) is 0 Å². The molecule has 0 amide bonds. The highest BCUT2D eigenvalue weighted by molar-refractivity contribution is 7.18. The van der Waals surface area contributed by atoms with E-state index in [9.17, 15) is 0 Å². The highest BCUT2D eigenvalue weighted by Crippen LogP contribution is 2.39. The molecule has 1 aliphatic carbocycles. The van der Waals surface area contributed by atoms with E-state index in [4.69, 9.17) is 15.5 Å². The molecule has 0 bridgehead atoms. The van der Waals surface area contributed by atoms with E-state index < -0.39 is 0 Å². The van der Waals surface area contributed by atoms with Crippen LogP contribution in [0.5, 0.6) is 0 Å². The van der Waals surface area contributed by atoms with E-state index in [2.05, 4.69) is 18.0 Å². The number of nitrogen functional groups attached to an aromatic ring is 1. The molecule has 1 aliphatic rings. The van der Waals surface area contributed by atoms with Gasteiger partial charge < -0.3 is 10.5 Å². The van der Waals surface area contributed by atoms with E-state index in [0.29, 0.717) is 5.82 Å². The third-order valence-corrected chi connectivity index (χ3v) is 5.70. The van der Waals surface area contributed by atoms with E-state index in [-0.39, 0.29) is 5.60 Å². The summed E-state index contributed by atoms with van der Waals surface area (Å²) in [6, 6.07) is 2.12. The molecule has 2 N–H and O–H groups in total. The second kappa shape index (κ2) is 5.89. The first-order chi connectivity index (χ1) is 10.2. The van der Waals surface area contributed by atoms with Gasteiger partial charge in [-0.05, 0) is 25.3 Å². The van der Waals surface area contributed by atoms with Crippen LogP contribution in [0.15, 0.2) is 6.07 Å². The third kappa shape index (κ3) is 2.64. The predicted molar refractivity (Wildman–Crippen MR) is 87.6 cm³/mol. The van der Waals surface area contributed by atoms with Crippen molar-refractivity contribution in [1.82, 2.24) is 9.97 Å². The highest BCUT2D eigenvalue weighted by atomic mass is 32.1. The lowest BCUT2D eigenvalue weighted by atomic mass is 9.93. The summed E-state index contributed by atoms with van der Waals surface area (Å²) >= 11 is 1.72. The summed E-state index contributed by atoms with van der Waals surface area (Å²) in [4.78, 5) is 11.7. The second-order valence-electron chi connectivity index (χ2n) is 5.83. The van der Waals surface area contributed by atoms with Crippen molar-refractivity contribution in [3.8, 4) is 0 Å². The van der Waals surface area contributed by atoms with Crippen molar-refractivity contribution in [1.29, 1.82) is 0 Å². The summed E-state index contributed by atoms with van der Waals surface area (Å²) in [5.41, 5.74) is 5.83. The van der Waals surface area contributed by atoms with Crippen molar-refractivity contribution < 1.29 is 4.74 Å². The molecule has 1 saturated carbocycles. The smallest absolute Gasteiger partial charge is 0.164 e. The molecule has 2 heterocycles. The number of nitrogens with zero attached hydrogens (tertiary/aromatic N) is 2. The Bertz CT molecular complexity index is 630. The number of aryl methyl sites for hydroxylation is 1. The maximum atomic E-state index is 6.18. The van der Waals surface area contributed by atoms with Gasteiger partial charge in [0.15, 0.2) is 5.82 Å². The summed E-state index contributed by atoms with van der Waals surface area (Å²) < 4.78 is 5.91. The first kappa shape index (κ1) is 14.7. The second-order valence-corrected chi connectivity index (χ2v) is 6.95. The van der Waals surface area contributed by atoms with Crippen molar-refractivity contribution in [2.24, 2.45) is 0 Å². The molecule has 0 atom stereocenters. The topological polar surface area (TPSA) is 61.0 Å². The van der Waals surface area contributed by atoms with Crippen LogP contribution < -0.4 is 5.73 Å². The minimum Gasteiger partial charge on any atom is -0.383 e. The number of thiophene rings is 1. The SMILES string of the molecule is CCc1cc2c(N)nc(C3(OC)CCCCCC3)nc2s1. The molecule has 0 unspecified atom stereocenters. The fourth-order valence-corrected chi connectivity index (χ4v) is 4.17. The van der Waals surface area contributed by atoms with Gasteiger partial charge in [0.1, 0.15) is 16.2 Å². The average molecular weight is 305 g/mol. The molecule has 3 rings (SSSR count). The number of aromatic nitrogens is 2. The van der Waals surface area contributed by atoms with Gasteiger partial charge in [-0.25, -0.2) is 9.97 Å². The summed E-state index contributed by atoms with van der Waals surface area (Å²) in [5.74, 6) is 1.37. The number of fused-ring (bicyclic) bond motifs is 1. The Kier molecular flexibility index (Phi) is 4.13. The van der Waals surface area contributed by atoms with Gasteiger partial charge in [0.25, 0.3) is 0 Å². The average Bonchev–Trinajstić information content (AvgIpc) is 2.77. The third-order valence-electron chi connectivity index (χ3n) is 4.53. The van der Waals surface area contributed by atoms with Gasteiger partial charge in [-0.1, -0.05) is 32.6 Å². The van der Waals surface area contributed by atoms with Crippen molar-refractivity contribution in [3.63, 3.8) is 0 Å². The van der Waals surface area contributed by atoms with Crippen LogP contribution in [0.3, 0.4) is 0 Å². The Labute approximate surface area is 129 Å². The maximum absolute atomic E-state index is 6.18. The Hall–Kier alpha value is -1.20. The number of hydrogen-bond donors (Lipinski definition) is 1. The van der Waals surface area contributed by atoms with Crippen LogP contribution in [0.2, 0.25) is 0 Å². The Morgan fingerprint density at radius 2 is 1.95 bits per heavy atom. The Morgan fingerprint density at radius 3 is 2.57 bits per heavy atom. The molecule has 114 valence electrons. The number of rotatable bonds is 3. The van der Waals surface area contributed by atoms with Gasteiger partial charge >= 0.3 is 0 Å². The maximum Gasteiger partial charge on any atom is 0.164 e. The molecule has 0 spiro atoms. The van der Waals surface area contributed by atoms with Crippen LogP contribution in [0.4, 0.5) is 5.82 Å². The lowest BCUT2D eigenvalue weighted by Crippen LogP contribution is -2.30. The molecule has 0 aliphatic heterocycles. The van der Waals surface area contributed by atoms with Gasteiger partial charge in [-0.3, -0.25) is 0 Å². The van der Waals surface area contributed by atoms with Gasteiger partial charge in [0.05, 0.1) is 5.39 Å². The van der Waals surface area contributed by atoms with E-state index in [1.165, 1.54) is 30.6 Å². The van der Waals surface area contributed by atoms with Crippen LogP contribution in [0.1, 0.15) is 56.2 Å². The molecular weight excluding hydrogens is 282 g/mol. The van der Waals surface area contributed by atoms with Crippen LogP contribution in [0.25, 0.3) is 10.2 Å². The van der Waals surface area contributed by atoms with Crippen LogP contribution in [0, 0.1) is 0 Å². The first-order valence-electron chi connectivity index (χ1n) is 7.80. The van der Waals surface area contributed by atoms with E-state index in [1.54, 1.807) is 18.4 Å². The van der Waals surface area contributed by atoms with Crippen LogP contribution in [-0.4, -0.2) is 17.1 Å². The molecule has 2 aromatic rings. The molecule has 1 fully saturated rings. The number of hydrogen-bond acceptors (Lipinski definition) is 5. The Balaban J connectivity index is 2.09. The Morgan fingerprint density at radius 1 is 1.24 bits per heavy atom. The normalized spacial score (nSPS) is 18.8. The van der Waals surface area contributed by atoms with E-state index in [0.717, 1.165) is 35.3 Å². The van der Waals surface area contributed by atoms with Gasteiger partial charge in [-0.15, -0.1) is 11.3 Å². The molecule has 0 radical (unpaired) electrons. The lowest BCUT2D eigenvalue weighted by molar-refractivity contribution is -0.0347. The monoisotopic (exact) mass is 305 g/mol. The van der Waals surface area contributed by atoms with Crippen molar-refractivity contribution >= 4 is 27.4 Å². The first-order valence-corrected chi connectivity index (χ1v) is 8.62. The fraction of sp³-hybridized carbons (Fsp3) is 0.625. The van der Waals surface area contributed by atoms with E-state index in [1.807, 2.05) is 0 Å². The minimum absolute atomic E-state index is 0.352. The minimum atomic E-state index is -0.352. The fourth-order valence-electron chi connectivity index (χ4n) is 3.19. The number of nitrogens with two attached hydrogens (primary N) is 1. The van der Waals surface area contributed by atoms with Crippen molar-refractivity contribution in [2.75, 3.05) is 12.8 Å². The zero-order valence-electron chi connectivity index (χ0n) is 12.8. The quantitative estimate of drug-likeness (QED) is 0.870. The molecule has 0 saturated heterocycles. The molecule has 21 heavy (non-hydrogen) atoms. The van der Waals surface area contributed by atoms with Gasteiger partial charge in [0.2, 0.25) is 0 Å². The summed E-state index contributed by atoms with van der Waals surface area (Å²) in [6.45, 7) is 2.15. The predicted octanol–water partition coefficient (Wildman–Crippen LogP) is 4.03. The molecule has 4 nitrogen and oxygen atoms in total. The largest absolute Gasteiger partial charge is 0.383 e. The summed E-state index contributed by atoms with van der Waals surface area (Å²) in [7, 11) is 1.78. The van der Waals surface area contributed by atoms with E-state index >= 15 is 0 Å². The summed E-state index contributed by atoms with van der Waals surface area (Å²) in [6.07, 6.45) is 7.84. The molecule has 0 aromatic carbocycles. The van der Waals surface area contributed by atoms with Crippen molar-refractivity contribution in [3.05, 3.63) is 16.8 Å². The van der Waals surface area contributed by atoms with Crippen LogP contribution >= 0.6 is 11.3 Å². The number of ether oxygens (including phenoxy) is 1. The standard InChI is InChI=1S/C16H23N3OS/c1-3-11-10-12-13(17)18-15(19-14(12)21-11)16(20-2)8-6-4-5-7-9-16/h10H,3-9H2,1-2H3,(H2,17,18,19). The molecular formula is C16H23N3OS. The number of anilines is 1. The number of methoxy groups -OCH3 is 1. The molecule has 2 aromatic heterocycles.